The van der Waals surface area contributed by atoms with Crippen LogP contribution in [0.15, 0.2) is 10.9 Å². The zero-order valence-electron chi connectivity index (χ0n) is 4.73. The van der Waals surface area contributed by atoms with Gasteiger partial charge in [-0.2, -0.15) is 0 Å². The average molecular weight is 299 g/mol. The summed E-state index contributed by atoms with van der Waals surface area (Å²) in [5, 5.41) is 0. The molecule has 2 nitrogen and oxygen atoms in total. The van der Waals surface area contributed by atoms with Gasteiger partial charge in [0.1, 0.15) is 14.6 Å². The van der Waals surface area contributed by atoms with E-state index in [1.165, 1.54) is 0 Å². The molecule has 0 aromatic carbocycles. The first kappa shape index (κ1) is 7.40. The molecule has 1 aromatic rings. The minimum atomic E-state index is 0.877. The Bertz CT molecular complexity index is 206. The van der Waals surface area contributed by atoms with Gasteiger partial charge < -0.3 is 0 Å². The number of aromatic nitrogens is 2. The van der Waals surface area contributed by atoms with Crippen molar-refractivity contribution in [3.63, 3.8) is 0 Å². The van der Waals surface area contributed by atoms with Crippen molar-refractivity contribution in [2.24, 2.45) is 0 Å². The predicted octanol–water partition coefficient (Wildman–Crippen LogP) is 2.15. The summed E-state index contributed by atoms with van der Waals surface area (Å²) in [6.45, 7) is 1.98. The van der Waals surface area contributed by atoms with Crippen LogP contribution in [0.4, 0.5) is 0 Å². The van der Waals surface area contributed by atoms with Gasteiger partial charge in [-0.25, -0.2) is 9.97 Å². The lowest BCUT2D eigenvalue weighted by Gasteiger charge is -1.95. The number of nitrogens with zero attached hydrogens (tertiary/aromatic N) is 2. The number of hydrogen-bond donors (Lipinski definition) is 0. The van der Waals surface area contributed by atoms with E-state index in [-0.39, 0.29) is 0 Å². The molecular formula is C5H4BrIN2. The predicted molar refractivity (Wildman–Crippen MR) is 47.2 cm³/mol. The van der Waals surface area contributed by atoms with E-state index in [2.05, 4.69) is 48.5 Å². The molecule has 0 aliphatic heterocycles. The van der Waals surface area contributed by atoms with E-state index < -0.39 is 0 Å². The molecule has 0 atom stereocenters. The first-order chi connectivity index (χ1) is 4.22. The Kier molecular flexibility index (Phi) is 2.40. The van der Waals surface area contributed by atoms with Crippen molar-refractivity contribution in [1.82, 2.24) is 9.97 Å². The van der Waals surface area contributed by atoms with Crippen molar-refractivity contribution < 1.29 is 0 Å². The third-order valence-corrected chi connectivity index (χ3v) is 2.85. The molecule has 0 spiro atoms. The fraction of sp³-hybridized carbons (Fsp3) is 0.200. The van der Waals surface area contributed by atoms with Gasteiger partial charge in [0.15, 0.2) is 0 Å². The summed E-state index contributed by atoms with van der Waals surface area (Å²) in [7, 11) is 0. The van der Waals surface area contributed by atoms with Crippen molar-refractivity contribution in [3.8, 4) is 0 Å². The van der Waals surface area contributed by atoms with Crippen LogP contribution in [-0.4, -0.2) is 9.97 Å². The van der Waals surface area contributed by atoms with Crippen LogP contribution in [0.1, 0.15) is 5.56 Å². The Labute approximate surface area is 75.4 Å². The summed E-state index contributed by atoms with van der Waals surface area (Å²) in [5.41, 5.74) is 1.10. The monoisotopic (exact) mass is 298 g/mol. The Balaban J connectivity index is 3.25. The summed E-state index contributed by atoms with van der Waals surface area (Å²) in [6.07, 6.45) is 1.54. The van der Waals surface area contributed by atoms with E-state index in [0.717, 1.165) is 13.9 Å². The van der Waals surface area contributed by atoms with Gasteiger partial charge in [-0.3, -0.25) is 0 Å². The molecule has 1 heterocycles. The van der Waals surface area contributed by atoms with Crippen molar-refractivity contribution in [3.05, 3.63) is 20.2 Å². The highest BCUT2D eigenvalue weighted by molar-refractivity contribution is 14.1. The second-order valence-electron chi connectivity index (χ2n) is 1.58. The Hall–Kier alpha value is 0.290. The highest BCUT2D eigenvalue weighted by Gasteiger charge is 1.98. The third kappa shape index (κ3) is 1.61. The van der Waals surface area contributed by atoms with Crippen LogP contribution in [0.3, 0.4) is 0 Å². The zero-order chi connectivity index (χ0) is 6.85. The number of halogens is 2. The van der Waals surface area contributed by atoms with E-state index >= 15 is 0 Å². The van der Waals surface area contributed by atoms with E-state index in [0.29, 0.717) is 0 Å². The standard InChI is InChI=1S/C5H4BrIN2/c1-3-4(6)8-2-9-5(3)7/h2H,1H3. The summed E-state index contributed by atoms with van der Waals surface area (Å²) in [5.74, 6) is 0. The minimum absolute atomic E-state index is 0.877. The molecule has 0 saturated carbocycles. The van der Waals surface area contributed by atoms with Gasteiger partial charge in [-0.15, -0.1) is 0 Å². The summed E-state index contributed by atoms with van der Waals surface area (Å²) in [6, 6.07) is 0. The van der Waals surface area contributed by atoms with E-state index in [1.54, 1.807) is 6.33 Å². The molecule has 0 N–H and O–H groups in total. The maximum Gasteiger partial charge on any atom is 0.117 e. The summed E-state index contributed by atoms with van der Waals surface area (Å²) in [4.78, 5) is 7.93. The van der Waals surface area contributed by atoms with Gasteiger partial charge in [0.05, 0.1) is 0 Å². The van der Waals surface area contributed by atoms with Crippen molar-refractivity contribution >= 4 is 38.5 Å². The van der Waals surface area contributed by atoms with Gasteiger partial charge >= 0.3 is 0 Å². The molecule has 0 radical (unpaired) electrons. The quantitative estimate of drug-likeness (QED) is 0.542. The smallest absolute Gasteiger partial charge is 0.117 e. The zero-order valence-corrected chi connectivity index (χ0v) is 8.47. The Morgan fingerprint density at radius 3 is 2.67 bits per heavy atom. The van der Waals surface area contributed by atoms with E-state index in [4.69, 9.17) is 0 Å². The van der Waals surface area contributed by atoms with Crippen LogP contribution < -0.4 is 0 Å². The van der Waals surface area contributed by atoms with Gasteiger partial charge in [-0.05, 0) is 45.4 Å². The second kappa shape index (κ2) is 2.92. The molecule has 1 rings (SSSR count). The SMILES string of the molecule is Cc1c(Br)ncnc1I. The molecule has 0 unspecified atom stereocenters. The van der Waals surface area contributed by atoms with Gasteiger partial charge in [0.2, 0.25) is 0 Å². The summed E-state index contributed by atoms with van der Waals surface area (Å²) >= 11 is 5.46. The molecule has 0 aliphatic carbocycles. The molecule has 4 heteroatoms. The average Bonchev–Trinajstić information content (AvgIpc) is 1.83. The lowest BCUT2D eigenvalue weighted by molar-refractivity contribution is 1.07. The van der Waals surface area contributed by atoms with Gasteiger partial charge in [0.25, 0.3) is 0 Å². The molecule has 48 valence electrons. The fourth-order valence-electron chi connectivity index (χ4n) is 0.409. The van der Waals surface area contributed by atoms with Crippen LogP contribution in [0.5, 0.6) is 0 Å². The molecule has 0 bridgehead atoms. The highest BCUT2D eigenvalue weighted by Crippen LogP contribution is 2.15. The molecule has 9 heavy (non-hydrogen) atoms. The minimum Gasteiger partial charge on any atom is -0.230 e. The van der Waals surface area contributed by atoms with Crippen LogP contribution in [0.25, 0.3) is 0 Å². The van der Waals surface area contributed by atoms with Crippen molar-refractivity contribution in [1.29, 1.82) is 0 Å². The molecule has 1 aromatic heterocycles. The topological polar surface area (TPSA) is 25.8 Å². The molecule has 0 fully saturated rings. The Morgan fingerprint density at radius 1 is 1.56 bits per heavy atom. The maximum absolute atomic E-state index is 3.99. The lowest BCUT2D eigenvalue weighted by Crippen LogP contribution is -1.88. The van der Waals surface area contributed by atoms with Crippen molar-refractivity contribution in [2.45, 2.75) is 6.92 Å². The third-order valence-electron chi connectivity index (χ3n) is 0.961. The Morgan fingerprint density at radius 2 is 2.22 bits per heavy atom. The first-order valence-electron chi connectivity index (χ1n) is 2.34. The van der Waals surface area contributed by atoms with Crippen LogP contribution in [-0.2, 0) is 0 Å². The van der Waals surface area contributed by atoms with E-state index in [9.17, 15) is 0 Å². The van der Waals surface area contributed by atoms with Crippen LogP contribution in [0, 0.1) is 10.6 Å². The number of rotatable bonds is 0. The largest absolute Gasteiger partial charge is 0.230 e. The van der Waals surface area contributed by atoms with E-state index in [1.807, 2.05) is 6.92 Å². The fourth-order valence-corrected chi connectivity index (χ4v) is 1.44. The molecule has 0 amide bonds. The van der Waals surface area contributed by atoms with Gasteiger partial charge in [-0.1, -0.05) is 0 Å². The van der Waals surface area contributed by atoms with Crippen LogP contribution in [0.2, 0.25) is 0 Å². The van der Waals surface area contributed by atoms with Crippen LogP contribution >= 0.6 is 38.5 Å². The van der Waals surface area contributed by atoms with Gasteiger partial charge in [0, 0.05) is 5.56 Å². The normalized spacial score (nSPS) is 9.67. The second-order valence-corrected chi connectivity index (χ2v) is 3.35. The first-order valence-corrected chi connectivity index (χ1v) is 4.21. The lowest BCUT2D eigenvalue weighted by atomic mass is 10.4. The molecule has 0 aliphatic rings. The summed E-state index contributed by atoms with van der Waals surface area (Å²) < 4.78 is 1.87. The molecular weight excluding hydrogens is 295 g/mol. The highest BCUT2D eigenvalue weighted by atomic mass is 127. The maximum atomic E-state index is 3.99. The van der Waals surface area contributed by atoms with Crippen molar-refractivity contribution in [2.75, 3.05) is 0 Å². The number of hydrogen-bond acceptors (Lipinski definition) is 2. The molecule has 0 saturated heterocycles.